The lowest BCUT2D eigenvalue weighted by molar-refractivity contribution is 0.171. The molecule has 2 rings (SSSR count). The molecule has 110 valence electrons. The van der Waals surface area contributed by atoms with E-state index in [0.717, 1.165) is 37.2 Å². The van der Waals surface area contributed by atoms with E-state index in [-0.39, 0.29) is 5.84 Å². The normalized spacial score (nSPS) is 17.1. The molecule has 1 saturated carbocycles. The van der Waals surface area contributed by atoms with Crippen LogP contribution in [-0.2, 0) is 11.3 Å². The van der Waals surface area contributed by atoms with E-state index in [2.05, 4.69) is 10.5 Å². The number of hydrogen-bond donors (Lipinski definition) is 3. The van der Waals surface area contributed by atoms with Crippen molar-refractivity contribution in [3.05, 3.63) is 35.4 Å². The summed E-state index contributed by atoms with van der Waals surface area (Å²) in [6.07, 6.45) is 3.65. The first-order chi connectivity index (χ1) is 9.71. The van der Waals surface area contributed by atoms with E-state index in [1.165, 1.54) is 12.8 Å². The van der Waals surface area contributed by atoms with Crippen LogP contribution >= 0.6 is 0 Å². The van der Waals surface area contributed by atoms with Gasteiger partial charge < -0.3 is 21.0 Å². The summed E-state index contributed by atoms with van der Waals surface area (Å²) < 4.78 is 5.16. The van der Waals surface area contributed by atoms with Crippen LogP contribution in [0.25, 0.3) is 0 Å². The Balaban J connectivity index is 1.89. The highest BCUT2D eigenvalue weighted by atomic mass is 16.5. The Kier molecular flexibility index (Phi) is 4.98. The Morgan fingerprint density at radius 2 is 2.20 bits per heavy atom. The third-order valence-corrected chi connectivity index (χ3v) is 4.01. The lowest BCUT2D eigenvalue weighted by Gasteiger charge is -2.16. The molecule has 5 nitrogen and oxygen atoms in total. The van der Waals surface area contributed by atoms with E-state index in [4.69, 9.17) is 15.7 Å². The van der Waals surface area contributed by atoms with E-state index in [9.17, 15) is 0 Å². The highest BCUT2D eigenvalue weighted by Crippen LogP contribution is 2.48. The zero-order valence-electron chi connectivity index (χ0n) is 11.9. The fourth-order valence-electron chi connectivity index (χ4n) is 2.45. The molecule has 0 atom stereocenters. The van der Waals surface area contributed by atoms with Gasteiger partial charge in [0, 0.05) is 32.4 Å². The molecular formula is C15H23N3O2. The average Bonchev–Trinajstić information content (AvgIpc) is 3.25. The van der Waals surface area contributed by atoms with Crippen molar-refractivity contribution >= 4 is 5.84 Å². The first-order valence-electron chi connectivity index (χ1n) is 6.96. The van der Waals surface area contributed by atoms with Crippen molar-refractivity contribution in [2.75, 3.05) is 20.3 Å². The Bertz CT molecular complexity index is 470. The maximum Gasteiger partial charge on any atom is 0.170 e. The molecule has 0 spiro atoms. The maximum atomic E-state index is 8.80. The van der Waals surface area contributed by atoms with Crippen LogP contribution < -0.4 is 11.1 Å². The molecule has 0 radical (unpaired) electrons. The molecule has 0 aromatic heterocycles. The van der Waals surface area contributed by atoms with E-state index in [0.29, 0.717) is 5.41 Å². The van der Waals surface area contributed by atoms with Crippen LogP contribution in [0.1, 0.15) is 30.4 Å². The summed E-state index contributed by atoms with van der Waals surface area (Å²) in [5.74, 6) is 0.155. The van der Waals surface area contributed by atoms with Crippen molar-refractivity contribution < 1.29 is 9.94 Å². The largest absolute Gasteiger partial charge is 0.409 e. The van der Waals surface area contributed by atoms with Gasteiger partial charge in [-0.05, 0) is 30.2 Å². The SMILES string of the molecule is COCCC1(CNCc2ccccc2/C(N)=N/O)CC1. The summed E-state index contributed by atoms with van der Waals surface area (Å²) in [6.45, 7) is 2.53. The second-order valence-corrected chi connectivity index (χ2v) is 5.49. The Morgan fingerprint density at radius 3 is 2.85 bits per heavy atom. The molecule has 4 N–H and O–H groups in total. The van der Waals surface area contributed by atoms with Gasteiger partial charge in [0.15, 0.2) is 5.84 Å². The van der Waals surface area contributed by atoms with E-state index >= 15 is 0 Å². The summed E-state index contributed by atoms with van der Waals surface area (Å²) in [4.78, 5) is 0. The number of methoxy groups -OCH3 is 1. The van der Waals surface area contributed by atoms with Gasteiger partial charge in [0.05, 0.1) is 0 Å². The second kappa shape index (κ2) is 6.72. The number of amidine groups is 1. The summed E-state index contributed by atoms with van der Waals surface area (Å²) >= 11 is 0. The number of nitrogens with two attached hydrogens (primary N) is 1. The lowest BCUT2D eigenvalue weighted by Crippen LogP contribution is -2.26. The highest BCUT2D eigenvalue weighted by Gasteiger charge is 2.41. The third-order valence-electron chi connectivity index (χ3n) is 4.01. The van der Waals surface area contributed by atoms with Gasteiger partial charge in [-0.3, -0.25) is 0 Å². The Hall–Kier alpha value is -1.59. The summed E-state index contributed by atoms with van der Waals surface area (Å²) in [7, 11) is 1.75. The predicted octanol–water partition coefficient (Wildman–Crippen LogP) is 1.69. The van der Waals surface area contributed by atoms with Crippen LogP contribution in [-0.4, -0.2) is 31.3 Å². The third kappa shape index (κ3) is 3.71. The number of rotatable bonds is 8. The van der Waals surface area contributed by atoms with Gasteiger partial charge in [0.25, 0.3) is 0 Å². The molecule has 1 aromatic rings. The van der Waals surface area contributed by atoms with E-state index < -0.39 is 0 Å². The molecule has 0 saturated heterocycles. The van der Waals surface area contributed by atoms with Crippen LogP contribution in [0.3, 0.4) is 0 Å². The van der Waals surface area contributed by atoms with Gasteiger partial charge >= 0.3 is 0 Å². The molecular weight excluding hydrogens is 254 g/mol. The van der Waals surface area contributed by atoms with E-state index in [1.54, 1.807) is 7.11 Å². The molecule has 0 aliphatic heterocycles. The van der Waals surface area contributed by atoms with Gasteiger partial charge in [-0.2, -0.15) is 0 Å². The first kappa shape index (κ1) is 14.8. The number of ether oxygens (including phenoxy) is 1. The molecule has 1 aromatic carbocycles. The molecule has 20 heavy (non-hydrogen) atoms. The van der Waals surface area contributed by atoms with Crippen molar-refractivity contribution in [1.82, 2.24) is 5.32 Å². The topological polar surface area (TPSA) is 79.9 Å². The fourth-order valence-corrected chi connectivity index (χ4v) is 2.45. The minimum atomic E-state index is 0.155. The monoisotopic (exact) mass is 277 g/mol. The molecule has 0 bridgehead atoms. The lowest BCUT2D eigenvalue weighted by atomic mass is 10.0. The zero-order valence-corrected chi connectivity index (χ0v) is 11.9. The highest BCUT2D eigenvalue weighted by molar-refractivity contribution is 5.98. The maximum absolute atomic E-state index is 8.80. The van der Waals surface area contributed by atoms with Crippen molar-refractivity contribution in [2.45, 2.75) is 25.8 Å². The number of hydrogen-bond acceptors (Lipinski definition) is 4. The second-order valence-electron chi connectivity index (χ2n) is 5.49. The quantitative estimate of drug-likeness (QED) is 0.292. The van der Waals surface area contributed by atoms with Crippen LogP contribution in [0.2, 0.25) is 0 Å². The van der Waals surface area contributed by atoms with Crippen molar-refractivity contribution in [2.24, 2.45) is 16.3 Å². The van der Waals surface area contributed by atoms with Gasteiger partial charge in [-0.1, -0.05) is 29.4 Å². The van der Waals surface area contributed by atoms with Crippen LogP contribution in [0, 0.1) is 5.41 Å². The van der Waals surface area contributed by atoms with Gasteiger partial charge in [0.2, 0.25) is 0 Å². The van der Waals surface area contributed by atoms with Gasteiger partial charge in [-0.15, -0.1) is 0 Å². The van der Waals surface area contributed by atoms with Crippen LogP contribution in [0.4, 0.5) is 0 Å². The molecule has 0 heterocycles. The number of benzene rings is 1. The summed E-state index contributed by atoms with van der Waals surface area (Å²) in [6, 6.07) is 7.71. The van der Waals surface area contributed by atoms with Gasteiger partial charge in [0.1, 0.15) is 0 Å². The summed E-state index contributed by atoms with van der Waals surface area (Å²) in [5.41, 5.74) is 7.93. The number of nitrogens with zero attached hydrogens (tertiary/aromatic N) is 1. The average molecular weight is 277 g/mol. The molecule has 0 amide bonds. The van der Waals surface area contributed by atoms with Gasteiger partial charge in [-0.25, -0.2) is 0 Å². The Morgan fingerprint density at radius 1 is 1.45 bits per heavy atom. The Labute approximate surface area is 119 Å². The van der Waals surface area contributed by atoms with Crippen molar-refractivity contribution in [3.8, 4) is 0 Å². The number of nitrogens with one attached hydrogen (secondary N) is 1. The smallest absolute Gasteiger partial charge is 0.170 e. The molecule has 5 heteroatoms. The first-order valence-corrected chi connectivity index (χ1v) is 6.96. The minimum Gasteiger partial charge on any atom is -0.409 e. The number of oxime groups is 1. The molecule has 1 aliphatic carbocycles. The van der Waals surface area contributed by atoms with Crippen molar-refractivity contribution in [3.63, 3.8) is 0 Å². The zero-order chi connectivity index (χ0) is 14.4. The van der Waals surface area contributed by atoms with Crippen LogP contribution in [0.15, 0.2) is 29.4 Å². The molecule has 0 unspecified atom stereocenters. The summed E-state index contributed by atoms with van der Waals surface area (Å²) in [5, 5.41) is 15.4. The van der Waals surface area contributed by atoms with Crippen LogP contribution in [0.5, 0.6) is 0 Å². The standard InChI is InChI=1S/C15H23N3O2/c1-20-9-8-15(6-7-15)11-17-10-12-4-2-3-5-13(12)14(16)18-19/h2-5,17,19H,6-11H2,1H3,(H2,16,18). The minimum absolute atomic E-state index is 0.155. The molecule has 1 aliphatic rings. The van der Waals surface area contributed by atoms with E-state index in [1.807, 2.05) is 24.3 Å². The van der Waals surface area contributed by atoms with Crippen molar-refractivity contribution in [1.29, 1.82) is 0 Å². The predicted molar refractivity (Wildman–Crippen MR) is 78.8 cm³/mol. The fraction of sp³-hybridized carbons (Fsp3) is 0.533. The molecule has 1 fully saturated rings.